The SMILES string of the molecule is C=C(C)C(=CC(C=CC(=O)O)=CC)CN(CC)CCN1CCN(C)CC1. The average Bonchev–Trinajstić information content (AvgIpc) is 2.61. The van der Waals surface area contributed by atoms with E-state index in [0.29, 0.717) is 0 Å². The molecule has 0 atom stereocenters. The minimum absolute atomic E-state index is 0.831. The Balaban J connectivity index is 2.68. The third-order valence-corrected chi connectivity index (χ3v) is 4.81. The summed E-state index contributed by atoms with van der Waals surface area (Å²) >= 11 is 0. The molecule has 1 N–H and O–H groups in total. The van der Waals surface area contributed by atoms with Crippen LogP contribution >= 0.6 is 0 Å². The standard InChI is InChI=1S/C21H35N3O2/c1-6-19(8-9-21(25)26)16-20(18(3)4)17-23(7-2)14-15-24-12-10-22(5)11-13-24/h6,8-9,16H,3,7,10-15,17H2,1-2,4-5H3,(H,25,26). The minimum atomic E-state index is -0.933. The largest absolute Gasteiger partial charge is 0.478 e. The van der Waals surface area contributed by atoms with E-state index in [-0.39, 0.29) is 0 Å². The van der Waals surface area contributed by atoms with Crippen molar-refractivity contribution in [2.24, 2.45) is 0 Å². The Morgan fingerprint density at radius 3 is 2.38 bits per heavy atom. The van der Waals surface area contributed by atoms with Crippen molar-refractivity contribution in [1.82, 2.24) is 14.7 Å². The first kappa shape index (κ1) is 22.4. The highest BCUT2D eigenvalue weighted by molar-refractivity contribution is 5.80. The molecule has 0 amide bonds. The minimum Gasteiger partial charge on any atom is -0.478 e. The molecule has 0 unspecified atom stereocenters. The summed E-state index contributed by atoms with van der Waals surface area (Å²) in [5, 5.41) is 8.83. The summed E-state index contributed by atoms with van der Waals surface area (Å²) in [6.45, 7) is 18.7. The number of likely N-dealkylation sites (N-methyl/N-ethyl adjacent to an activating group) is 2. The van der Waals surface area contributed by atoms with Gasteiger partial charge in [-0.05, 0) is 44.7 Å². The summed E-state index contributed by atoms with van der Waals surface area (Å²) in [6.07, 6.45) is 6.77. The van der Waals surface area contributed by atoms with Crippen LogP contribution in [0.4, 0.5) is 0 Å². The number of carboxylic acid groups (broad SMARTS) is 1. The summed E-state index contributed by atoms with van der Waals surface area (Å²) in [6, 6.07) is 0. The molecule has 0 bridgehead atoms. The first-order chi connectivity index (χ1) is 12.3. The number of piperazine rings is 1. The van der Waals surface area contributed by atoms with E-state index < -0.39 is 5.97 Å². The lowest BCUT2D eigenvalue weighted by atomic mass is 10.0. The number of nitrogens with zero attached hydrogens (tertiary/aromatic N) is 3. The predicted molar refractivity (Wildman–Crippen MR) is 109 cm³/mol. The maximum absolute atomic E-state index is 10.8. The van der Waals surface area contributed by atoms with Crippen LogP contribution in [0.15, 0.2) is 47.6 Å². The average molecular weight is 362 g/mol. The normalized spacial score (nSPS) is 18.0. The van der Waals surface area contributed by atoms with Crippen LogP contribution in [0.3, 0.4) is 0 Å². The number of carboxylic acids is 1. The van der Waals surface area contributed by atoms with Gasteiger partial charge in [0.15, 0.2) is 0 Å². The van der Waals surface area contributed by atoms with Gasteiger partial charge in [-0.2, -0.15) is 0 Å². The molecule has 5 nitrogen and oxygen atoms in total. The molecule has 0 aromatic rings. The van der Waals surface area contributed by atoms with Crippen molar-refractivity contribution in [3.05, 3.63) is 47.6 Å². The van der Waals surface area contributed by atoms with Gasteiger partial charge in [-0.25, -0.2) is 4.79 Å². The second-order valence-corrected chi connectivity index (χ2v) is 6.92. The highest BCUT2D eigenvalue weighted by Gasteiger charge is 2.15. The monoisotopic (exact) mass is 361 g/mol. The highest BCUT2D eigenvalue weighted by Crippen LogP contribution is 2.14. The van der Waals surface area contributed by atoms with Crippen LogP contribution in [0.2, 0.25) is 0 Å². The topological polar surface area (TPSA) is 47.0 Å². The summed E-state index contributed by atoms with van der Waals surface area (Å²) in [7, 11) is 2.18. The third kappa shape index (κ3) is 8.61. The second kappa shape index (κ2) is 11.8. The molecule has 0 spiro atoms. The fourth-order valence-corrected chi connectivity index (χ4v) is 2.84. The summed E-state index contributed by atoms with van der Waals surface area (Å²) in [5.41, 5.74) is 3.06. The smallest absolute Gasteiger partial charge is 0.328 e. The number of carbonyl (C=O) groups is 1. The molecule has 0 saturated carbocycles. The van der Waals surface area contributed by atoms with Crippen LogP contribution in [0, 0.1) is 0 Å². The summed E-state index contributed by atoms with van der Waals surface area (Å²) in [4.78, 5) is 18.1. The van der Waals surface area contributed by atoms with Crippen LogP contribution in [0.1, 0.15) is 20.8 Å². The molecular formula is C21H35N3O2. The number of hydrogen-bond donors (Lipinski definition) is 1. The Hall–Kier alpha value is -1.69. The van der Waals surface area contributed by atoms with Gasteiger partial charge in [0.05, 0.1) is 0 Å². The highest BCUT2D eigenvalue weighted by atomic mass is 16.4. The second-order valence-electron chi connectivity index (χ2n) is 6.92. The van der Waals surface area contributed by atoms with Gasteiger partial charge in [0.1, 0.15) is 0 Å². The van der Waals surface area contributed by atoms with Crippen LogP contribution in [-0.2, 0) is 4.79 Å². The van der Waals surface area contributed by atoms with Crippen LogP contribution in [0.5, 0.6) is 0 Å². The Labute approximate surface area is 159 Å². The van der Waals surface area contributed by atoms with Gasteiger partial charge in [0.2, 0.25) is 0 Å². The molecule has 0 aliphatic carbocycles. The van der Waals surface area contributed by atoms with E-state index in [2.05, 4.69) is 35.3 Å². The first-order valence-corrected chi connectivity index (χ1v) is 9.42. The van der Waals surface area contributed by atoms with Crippen LogP contribution < -0.4 is 0 Å². The number of allylic oxidation sites excluding steroid dienone is 4. The molecule has 1 aliphatic rings. The lowest BCUT2D eigenvalue weighted by Crippen LogP contribution is -2.47. The summed E-state index contributed by atoms with van der Waals surface area (Å²) < 4.78 is 0. The maximum atomic E-state index is 10.8. The van der Waals surface area contributed by atoms with Gasteiger partial charge in [0, 0.05) is 51.9 Å². The van der Waals surface area contributed by atoms with Crippen molar-refractivity contribution in [2.45, 2.75) is 20.8 Å². The Kier molecular flexibility index (Phi) is 10.2. The lowest BCUT2D eigenvalue weighted by molar-refractivity contribution is -0.131. The van der Waals surface area contributed by atoms with E-state index in [1.54, 1.807) is 6.08 Å². The Morgan fingerprint density at radius 2 is 1.88 bits per heavy atom. The van der Waals surface area contributed by atoms with Crippen molar-refractivity contribution in [2.75, 3.05) is 59.4 Å². The van der Waals surface area contributed by atoms with Crippen molar-refractivity contribution in [1.29, 1.82) is 0 Å². The molecule has 5 heteroatoms. The quantitative estimate of drug-likeness (QED) is 0.479. The zero-order chi connectivity index (χ0) is 19.5. The van der Waals surface area contributed by atoms with Gasteiger partial charge in [-0.15, -0.1) is 0 Å². The number of aliphatic carboxylic acids is 1. The van der Waals surface area contributed by atoms with Crippen LogP contribution in [-0.4, -0.2) is 85.2 Å². The molecule has 0 radical (unpaired) electrons. The van der Waals surface area contributed by atoms with Gasteiger partial charge >= 0.3 is 5.97 Å². The van der Waals surface area contributed by atoms with E-state index in [4.69, 9.17) is 5.11 Å². The zero-order valence-corrected chi connectivity index (χ0v) is 16.9. The molecule has 0 aromatic carbocycles. The first-order valence-electron chi connectivity index (χ1n) is 9.42. The molecule has 1 heterocycles. The molecule has 26 heavy (non-hydrogen) atoms. The molecule has 1 rings (SSSR count). The van der Waals surface area contributed by atoms with Crippen molar-refractivity contribution in [3.63, 3.8) is 0 Å². The van der Waals surface area contributed by atoms with Gasteiger partial charge in [-0.1, -0.05) is 31.2 Å². The third-order valence-electron chi connectivity index (χ3n) is 4.81. The molecular weight excluding hydrogens is 326 g/mol. The number of hydrogen-bond acceptors (Lipinski definition) is 4. The van der Waals surface area contributed by atoms with Gasteiger partial charge in [-0.3, -0.25) is 9.80 Å². The van der Waals surface area contributed by atoms with Gasteiger partial charge in [0.25, 0.3) is 0 Å². The fourth-order valence-electron chi connectivity index (χ4n) is 2.84. The maximum Gasteiger partial charge on any atom is 0.328 e. The fraction of sp³-hybridized carbons (Fsp3) is 0.571. The zero-order valence-electron chi connectivity index (χ0n) is 16.9. The van der Waals surface area contributed by atoms with Crippen molar-refractivity contribution in [3.8, 4) is 0 Å². The Morgan fingerprint density at radius 1 is 1.23 bits per heavy atom. The summed E-state index contributed by atoms with van der Waals surface area (Å²) in [5.74, 6) is -0.933. The van der Waals surface area contributed by atoms with E-state index >= 15 is 0 Å². The van der Waals surface area contributed by atoms with Gasteiger partial charge < -0.3 is 10.0 Å². The van der Waals surface area contributed by atoms with Crippen molar-refractivity contribution >= 4 is 5.97 Å². The Bertz CT molecular complexity index is 556. The van der Waals surface area contributed by atoms with E-state index in [1.165, 1.54) is 6.08 Å². The van der Waals surface area contributed by atoms with E-state index in [9.17, 15) is 4.79 Å². The molecule has 146 valence electrons. The van der Waals surface area contributed by atoms with Crippen LogP contribution in [0.25, 0.3) is 0 Å². The van der Waals surface area contributed by atoms with E-state index in [0.717, 1.165) is 69.1 Å². The van der Waals surface area contributed by atoms with E-state index in [1.807, 2.05) is 26.0 Å². The molecule has 0 aromatic heterocycles. The molecule has 1 saturated heterocycles. The predicted octanol–water partition coefficient (Wildman–Crippen LogP) is 2.65. The molecule has 1 aliphatic heterocycles. The van der Waals surface area contributed by atoms with Crippen molar-refractivity contribution < 1.29 is 9.90 Å². The molecule has 1 fully saturated rings. The lowest BCUT2D eigenvalue weighted by Gasteiger charge is -2.34. The number of rotatable bonds is 10.